The number of fused-ring (bicyclic) bond motifs is 1. The van der Waals surface area contributed by atoms with Gasteiger partial charge in [-0.05, 0) is 57.9 Å². The molecule has 0 radical (unpaired) electrons. The van der Waals surface area contributed by atoms with E-state index in [-0.39, 0.29) is 11.9 Å². The van der Waals surface area contributed by atoms with E-state index >= 15 is 0 Å². The van der Waals surface area contributed by atoms with Crippen LogP contribution < -0.4 is 10.6 Å². The Morgan fingerprint density at radius 3 is 2.34 bits per heavy atom. The average molecular weight is 550 g/mol. The number of halogens is 1. The van der Waals surface area contributed by atoms with E-state index in [1.165, 1.54) is 11.3 Å². The fourth-order valence-electron chi connectivity index (χ4n) is 3.98. The molecule has 0 aliphatic carbocycles. The summed E-state index contributed by atoms with van der Waals surface area (Å²) in [6, 6.07) is 23.0. The van der Waals surface area contributed by atoms with E-state index in [1.807, 2.05) is 77.7 Å². The van der Waals surface area contributed by atoms with E-state index < -0.39 is 0 Å². The predicted molar refractivity (Wildman–Crippen MR) is 144 cm³/mol. The summed E-state index contributed by atoms with van der Waals surface area (Å²) in [6.45, 7) is 3.70. The summed E-state index contributed by atoms with van der Waals surface area (Å²) in [5, 5.41) is 6.46. The van der Waals surface area contributed by atoms with E-state index in [0.29, 0.717) is 23.8 Å². The first kappa shape index (κ1) is 23.5. The molecule has 0 spiro atoms. The molecule has 0 atom stereocenters. The van der Waals surface area contributed by atoms with Crippen molar-refractivity contribution in [3.05, 3.63) is 88.4 Å². The quantitative estimate of drug-likeness (QED) is 0.336. The Morgan fingerprint density at radius 1 is 0.886 bits per heavy atom. The third-order valence-electron chi connectivity index (χ3n) is 5.91. The van der Waals surface area contributed by atoms with Crippen molar-refractivity contribution in [1.29, 1.82) is 0 Å². The van der Waals surface area contributed by atoms with Gasteiger partial charge in [0.2, 0.25) is 0 Å². The predicted octanol–water partition coefficient (Wildman–Crippen LogP) is 5.66. The zero-order chi connectivity index (χ0) is 24.2. The fraction of sp³-hybridized carbons (Fsp3) is 0.192. The van der Waals surface area contributed by atoms with Gasteiger partial charge in [-0.2, -0.15) is 0 Å². The van der Waals surface area contributed by atoms with Crippen molar-refractivity contribution < 1.29 is 9.59 Å². The Labute approximate surface area is 215 Å². The molecule has 1 aromatic heterocycles. The van der Waals surface area contributed by atoms with Gasteiger partial charge in [0.15, 0.2) is 5.13 Å². The first-order chi connectivity index (χ1) is 17.0. The minimum absolute atomic E-state index is 0.0833. The fourth-order valence-corrected chi connectivity index (χ4v) is 5.23. The number of aromatic nitrogens is 1. The second-order valence-electron chi connectivity index (χ2n) is 8.31. The third kappa shape index (κ3) is 5.70. The van der Waals surface area contributed by atoms with Crippen LogP contribution in [0.4, 0.5) is 15.6 Å². The highest BCUT2D eigenvalue weighted by molar-refractivity contribution is 9.10. The van der Waals surface area contributed by atoms with E-state index in [2.05, 4.69) is 36.4 Å². The molecule has 2 N–H and O–H groups in total. The van der Waals surface area contributed by atoms with E-state index in [1.54, 1.807) is 0 Å². The van der Waals surface area contributed by atoms with Crippen molar-refractivity contribution in [1.82, 2.24) is 14.8 Å². The molecule has 1 fully saturated rings. The largest absolute Gasteiger partial charge is 0.322 e. The first-order valence-electron chi connectivity index (χ1n) is 11.3. The molecular weight excluding hydrogens is 526 g/mol. The van der Waals surface area contributed by atoms with Gasteiger partial charge in [0, 0.05) is 42.8 Å². The number of urea groups is 1. The third-order valence-corrected chi connectivity index (χ3v) is 7.55. The lowest BCUT2D eigenvalue weighted by Crippen LogP contribution is -2.49. The smallest absolute Gasteiger partial charge is 0.321 e. The molecule has 4 aromatic rings. The Morgan fingerprint density at radius 2 is 1.60 bits per heavy atom. The van der Waals surface area contributed by atoms with Crippen molar-refractivity contribution in [2.45, 2.75) is 6.54 Å². The highest BCUT2D eigenvalue weighted by atomic mass is 79.9. The standard InChI is InChI=1S/C26H24BrN5O2S/c27-20-5-1-2-6-21(20)29-26(34)32-15-13-31(14-16-32)17-18-9-11-19(12-10-18)24(33)30-25-28-22-7-3-4-8-23(22)35-25/h1-12H,13-17H2,(H,29,34)(H,28,30,33). The van der Waals surface area contributed by atoms with Gasteiger partial charge in [0.05, 0.1) is 15.9 Å². The minimum atomic E-state index is -0.166. The molecule has 35 heavy (non-hydrogen) atoms. The van der Waals surface area contributed by atoms with Gasteiger partial charge in [0.1, 0.15) is 0 Å². The first-order valence-corrected chi connectivity index (χ1v) is 12.9. The van der Waals surface area contributed by atoms with Crippen molar-refractivity contribution in [2.24, 2.45) is 0 Å². The summed E-state index contributed by atoms with van der Waals surface area (Å²) in [6.07, 6.45) is 0. The van der Waals surface area contributed by atoms with Gasteiger partial charge in [-0.3, -0.25) is 15.0 Å². The number of carbonyl (C=O) groups is 2. The number of piperazine rings is 1. The lowest BCUT2D eigenvalue weighted by molar-refractivity contribution is 0.102. The molecule has 178 valence electrons. The molecule has 0 unspecified atom stereocenters. The van der Waals surface area contributed by atoms with Crippen LogP contribution in [-0.4, -0.2) is 52.9 Å². The molecule has 5 rings (SSSR count). The number of nitrogens with one attached hydrogen (secondary N) is 2. The number of hydrogen-bond donors (Lipinski definition) is 2. The number of carbonyl (C=O) groups excluding carboxylic acids is 2. The Kier molecular flexibility index (Phi) is 7.08. The van der Waals surface area contributed by atoms with Gasteiger partial charge >= 0.3 is 6.03 Å². The number of hydrogen-bond acceptors (Lipinski definition) is 5. The van der Waals surface area contributed by atoms with Crippen molar-refractivity contribution in [2.75, 3.05) is 36.8 Å². The number of nitrogens with zero attached hydrogens (tertiary/aromatic N) is 3. The molecule has 3 amide bonds. The molecular formula is C26H24BrN5O2S. The van der Waals surface area contributed by atoms with E-state index in [4.69, 9.17) is 0 Å². The van der Waals surface area contributed by atoms with Gasteiger partial charge < -0.3 is 10.2 Å². The highest BCUT2D eigenvalue weighted by Gasteiger charge is 2.21. The maximum atomic E-state index is 12.6. The van der Waals surface area contributed by atoms with Crippen LogP contribution in [0, 0.1) is 0 Å². The molecule has 7 nitrogen and oxygen atoms in total. The molecule has 9 heteroatoms. The van der Waals surface area contributed by atoms with Crippen molar-refractivity contribution in [3.8, 4) is 0 Å². The summed E-state index contributed by atoms with van der Waals surface area (Å²) in [7, 11) is 0. The number of anilines is 2. The van der Waals surface area contributed by atoms with E-state index in [0.717, 1.165) is 45.6 Å². The lowest BCUT2D eigenvalue weighted by atomic mass is 10.1. The summed E-state index contributed by atoms with van der Waals surface area (Å²) in [4.78, 5) is 33.9. The van der Waals surface area contributed by atoms with Crippen LogP contribution in [0.3, 0.4) is 0 Å². The number of para-hydroxylation sites is 2. The zero-order valence-corrected chi connectivity index (χ0v) is 21.3. The van der Waals surface area contributed by atoms with Crippen molar-refractivity contribution in [3.63, 3.8) is 0 Å². The Hall–Kier alpha value is -3.27. The van der Waals surface area contributed by atoms with Crippen LogP contribution in [0.25, 0.3) is 10.2 Å². The number of benzene rings is 3. The van der Waals surface area contributed by atoms with Gasteiger partial charge in [0.25, 0.3) is 5.91 Å². The number of rotatable bonds is 5. The molecule has 1 aliphatic rings. The number of thiazole rings is 1. The average Bonchev–Trinajstić information content (AvgIpc) is 3.28. The topological polar surface area (TPSA) is 77.6 Å². The van der Waals surface area contributed by atoms with Crippen LogP contribution in [0.1, 0.15) is 15.9 Å². The van der Waals surface area contributed by atoms with Crippen LogP contribution in [0.2, 0.25) is 0 Å². The second-order valence-corrected chi connectivity index (χ2v) is 10.2. The molecule has 2 heterocycles. The van der Waals surface area contributed by atoms with Crippen LogP contribution in [-0.2, 0) is 6.54 Å². The normalized spacial score (nSPS) is 14.1. The number of amides is 3. The van der Waals surface area contributed by atoms with Gasteiger partial charge in [-0.1, -0.05) is 47.7 Å². The molecule has 1 aliphatic heterocycles. The Bertz CT molecular complexity index is 1320. The Balaban J connectivity index is 1.11. The molecule has 0 saturated carbocycles. The van der Waals surface area contributed by atoms with Crippen LogP contribution in [0.5, 0.6) is 0 Å². The molecule has 3 aromatic carbocycles. The molecule has 0 bridgehead atoms. The highest BCUT2D eigenvalue weighted by Crippen LogP contribution is 2.26. The summed E-state index contributed by atoms with van der Waals surface area (Å²) in [5.74, 6) is -0.166. The van der Waals surface area contributed by atoms with Crippen molar-refractivity contribution >= 4 is 60.2 Å². The summed E-state index contributed by atoms with van der Waals surface area (Å²) in [5.41, 5.74) is 3.38. The van der Waals surface area contributed by atoms with Crippen LogP contribution >= 0.6 is 27.3 Å². The SMILES string of the molecule is O=C(Nc1nc2ccccc2s1)c1ccc(CN2CCN(C(=O)Nc3ccccc3Br)CC2)cc1. The monoisotopic (exact) mass is 549 g/mol. The minimum Gasteiger partial charge on any atom is -0.322 e. The zero-order valence-electron chi connectivity index (χ0n) is 18.9. The second kappa shape index (κ2) is 10.6. The van der Waals surface area contributed by atoms with E-state index in [9.17, 15) is 9.59 Å². The summed E-state index contributed by atoms with van der Waals surface area (Å²) >= 11 is 4.93. The maximum Gasteiger partial charge on any atom is 0.321 e. The van der Waals surface area contributed by atoms with Gasteiger partial charge in [-0.25, -0.2) is 9.78 Å². The molecule has 1 saturated heterocycles. The lowest BCUT2D eigenvalue weighted by Gasteiger charge is -2.34. The maximum absolute atomic E-state index is 12.6. The van der Waals surface area contributed by atoms with Gasteiger partial charge in [-0.15, -0.1) is 0 Å². The summed E-state index contributed by atoms with van der Waals surface area (Å²) < 4.78 is 1.91. The van der Waals surface area contributed by atoms with Crippen LogP contribution in [0.15, 0.2) is 77.3 Å².